The summed E-state index contributed by atoms with van der Waals surface area (Å²) >= 11 is 0. The van der Waals surface area contributed by atoms with Gasteiger partial charge < -0.3 is 10.6 Å². The first kappa shape index (κ1) is 16.6. The second kappa shape index (κ2) is 8.03. The molecular weight excluding hydrogens is 292 g/mol. The van der Waals surface area contributed by atoms with Crippen LogP contribution in [0, 0.1) is 0 Å². The Morgan fingerprint density at radius 3 is 2.39 bits per heavy atom. The van der Waals surface area contributed by atoms with Gasteiger partial charge in [0.2, 0.25) is 0 Å². The molecule has 2 aromatic heterocycles. The molecule has 1 unspecified atom stereocenters. The second-order valence-corrected chi connectivity index (χ2v) is 5.23. The molecule has 0 bridgehead atoms. The number of carbonyl (C=O) groups excluding carboxylic acids is 2. The van der Waals surface area contributed by atoms with Crippen molar-refractivity contribution in [1.29, 1.82) is 0 Å². The van der Waals surface area contributed by atoms with Crippen molar-refractivity contribution < 1.29 is 9.59 Å². The normalized spacial score (nSPS) is 11.6. The first-order valence-corrected chi connectivity index (χ1v) is 7.55. The molecule has 0 spiro atoms. The molecule has 1 atom stereocenters. The van der Waals surface area contributed by atoms with E-state index in [1.807, 2.05) is 26.0 Å². The van der Waals surface area contributed by atoms with Crippen molar-refractivity contribution in [2.45, 2.75) is 32.9 Å². The topological polar surface area (TPSA) is 84.0 Å². The molecule has 2 amide bonds. The Labute approximate surface area is 135 Å². The van der Waals surface area contributed by atoms with Gasteiger partial charge >= 0.3 is 0 Å². The smallest absolute Gasteiger partial charge is 0.270 e. The molecule has 0 radical (unpaired) electrons. The van der Waals surface area contributed by atoms with Crippen LogP contribution >= 0.6 is 0 Å². The number of pyridine rings is 2. The molecule has 2 aromatic rings. The number of carbonyl (C=O) groups is 2. The molecule has 0 fully saturated rings. The minimum Gasteiger partial charge on any atom is -0.348 e. The Bertz CT molecular complexity index is 673. The van der Waals surface area contributed by atoms with E-state index in [1.165, 1.54) is 0 Å². The summed E-state index contributed by atoms with van der Waals surface area (Å²) in [6.45, 7) is 4.29. The summed E-state index contributed by atoms with van der Waals surface area (Å²) in [6, 6.07) is 8.54. The van der Waals surface area contributed by atoms with Crippen molar-refractivity contribution in [3.8, 4) is 0 Å². The Morgan fingerprint density at radius 1 is 1.09 bits per heavy atom. The predicted octanol–water partition coefficient (Wildman–Crippen LogP) is 1.93. The van der Waals surface area contributed by atoms with E-state index in [4.69, 9.17) is 0 Å². The summed E-state index contributed by atoms with van der Waals surface area (Å²) in [6.07, 6.45) is 4.16. The van der Waals surface area contributed by atoms with Crippen molar-refractivity contribution in [1.82, 2.24) is 20.6 Å². The molecule has 0 saturated carbocycles. The molecule has 23 heavy (non-hydrogen) atoms. The maximum absolute atomic E-state index is 12.2. The molecule has 0 aliphatic carbocycles. The van der Waals surface area contributed by atoms with E-state index in [0.717, 1.165) is 12.0 Å². The molecule has 0 aliphatic heterocycles. The zero-order valence-electron chi connectivity index (χ0n) is 13.2. The maximum atomic E-state index is 12.2. The van der Waals surface area contributed by atoms with Crippen LogP contribution in [0.2, 0.25) is 0 Å². The summed E-state index contributed by atoms with van der Waals surface area (Å²) in [5.41, 5.74) is 1.40. The van der Waals surface area contributed by atoms with Crippen LogP contribution in [0.3, 0.4) is 0 Å². The van der Waals surface area contributed by atoms with E-state index in [9.17, 15) is 9.59 Å². The second-order valence-electron chi connectivity index (χ2n) is 5.23. The minimum atomic E-state index is -0.319. The largest absolute Gasteiger partial charge is 0.348 e. The van der Waals surface area contributed by atoms with E-state index in [1.54, 1.807) is 30.6 Å². The summed E-state index contributed by atoms with van der Waals surface area (Å²) in [5, 5.41) is 5.60. The monoisotopic (exact) mass is 312 g/mol. The predicted molar refractivity (Wildman–Crippen MR) is 86.9 cm³/mol. The zero-order chi connectivity index (χ0) is 16.7. The molecule has 0 aromatic carbocycles. The Balaban J connectivity index is 2.01. The lowest BCUT2D eigenvalue weighted by Gasteiger charge is -2.11. The maximum Gasteiger partial charge on any atom is 0.270 e. The first-order chi connectivity index (χ1) is 11.1. The number of hydrogen-bond donors (Lipinski definition) is 2. The molecule has 2 rings (SSSR count). The molecule has 120 valence electrons. The highest BCUT2D eigenvalue weighted by Crippen LogP contribution is 2.02. The lowest BCUT2D eigenvalue weighted by Crippen LogP contribution is -2.33. The Kier molecular flexibility index (Phi) is 5.80. The lowest BCUT2D eigenvalue weighted by molar-refractivity contribution is 0.0933. The van der Waals surface area contributed by atoms with Gasteiger partial charge in [-0.1, -0.05) is 13.0 Å². The van der Waals surface area contributed by atoms with Gasteiger partial charge in [0.1, 0.15) is 11.4 Å². The van der Waals surface area contributed by atoms with Gasteiger partial charge in [-0.2, -0.15) is 0 Å². The van der Waals surface area contributed by atoms with Gasteiger partial charge in [0.05, 0.1) is 0 Å². The Morgan fingerprint density at radius 2 is 1.74 bits per heavy atom. The average molecular weight is 312 g/mol. The van der Waals surface area contributed by atoms with Crippen LogP contribution in [0.5, 0.6) is 0 Å². The van der Waals surface area contributed by atoms with Crippen LogP contribution in [-0.4, -0.2) is 27.8 Å². The van der Waals surface area contributed by atoms with Crippen molar-refractivity contribution in [3.05, 3.63) is 59.7 Å². The minimum absolute atomic E-state index is 0.0634. The number of nitrogens with zero attached hydrogens (tertiary/aromatic N) is 2. The van der Waals surface area contributed by atoms with Gasteiger partial charge in [0, 0.05) is 25.0 Å². The SMILES string of the molecule is CCC(C)NC(=O)c1cccc(C(=O)NCc2ccncc2)n1. The number of hydrogen-bond acceptors (Lipinski definition) is 4. The highest BCUT2D eigenvalue weighted by Gasteiger charge is 2.13. The van der Waals surface area contributed by atoms with Gasteiger partial charge in [-0.25, -0.2) is 4.98 Å². The highest BCUT2D eigenvalue weighted by molar-refractivity contribution is 5.96. The average Bonchev–Trinajstić information content (AvgIpc) is 2.60. The van der Waals surface area contributed by atoms with E-state index >= 15 is 0 Å². The van der Waals surface area contributed by atoms with Gasteiger partial charge in [0.15, 0.2) is 0 Å². The third-order valence-corrected chi connectivity index (χ3v) is 3.41. The van der Waals surface area contributed by atoms with Crippen molar-refractivity contribution in [2.24, 2.45) is 0 Å². The number of nitrogens with one attached hydrogen (secondary N) is 2. The van der Waals surface area contributed by atoms with Crippen LogP contribution in [0.15, 0.2) is 42.7 Å². The summed E-state index contributed by atoms with van der Waals surface area (Å²) in [5.74, 6) is -0.594. The van der Waals surface area contributed by atoms with E-state index in [0.29, 0.717) is 6.54 Å². The van der Waals surface area contributed by atoms with Crippen LogP contribution in [0.4, 0.5) is 0 Å². The van der Waals surface area contributed by atoms with Crippen molar-refractivity contribution in [2.75, 3.05) is 0 Å². The van der Waals surface area contributed by atoms with Gasteiger partial charge in [0.25, 0.3) is 11.8 Å². The number of amides is 2. The molecular formula is C17H20N4O2. The van der Waals surface area contributed by atoms with E-state index in [2.05, 4.69) is 20.6 Å². The molecule has 0 saturated heterocycles. The van der Waals surface area contributed by atoms with Gasteiger partial charge in [-0.15, -0.1) is 0 Å². The Hall–Kier alpha value is -2.76. The molecule has 2 N–H and O–H groups in total. The number of aromatic nitrogens is 2. The van der Waals surface area contributed by atoms with Crippen LogP contribution in [0.1, 0.15) is 46.8 Å². The molecule has 6 nitrogen and oxygen atoms in total. The molecule has 2 heterocycles. The van der Waals surface area contributed by atoms with Crippen LogP contribution in [0.25, 0.3) is 0 Å². The molecule has 6 heteroatoms. The van der Waals surface area contributed by atoms with Gasteiger partial charge in [-0.3, -0.25) is 14.6 Å². The fraction of sp³-hybridized carbons (Fsp3) is 0.294. The summed E-state index contributed by atoms with van der Waals surface area (Å²) in [4.78, 5) is 32.3. The van der Waals surface area contributed by atoms with Crippen molar-refractivity contribution >= 4 is 11.8 Å². The standard InChI is InChI=1S/C17H20N4O2/c1-3-12(2)20-17(23)15-6-4-5-14(21-15)16(22)19-11-13-7-9-18-10-8-13/h4-10,12H,3,11H2,1-2H3,(H,19,22)(H,20,23). The fourth-order valence-corrected chi connectivity index (χ4v) is 1.86. The quantitative estimate of drug-likeness (QED) is 0.853. The van der Waals surface area contributed by atoms with E-state index in [-0.39, 0.29) is 29.2 Å². The van der Waals surface area contributed by atoms with E-state index < -0.39 is 0 Å². The lowest BCUT2D eigenvalue weighted by atomic mass is 10.2. The van der Waals surface area contributed by atoms with Crippen LogP contribution in [-0.2, 0) is 6.54 Å². The van der Waals surface area contributed by atoms with Crippen LogP contribution < -0.4 is 10.6 Å². The zero-order valence-corrected chi connectivity index (χ0v) is 13.2. The first-order valence-electron chi connectivity index (χ1n) is 7.55. The fourth-order valence-electron chi connectivity index (χ4n) is 1.86. The molecule has 0 aliphatic rings. The van der Waals surface area contributed by atoms with Gasteiger partial charge in [-0.05, 0) is 43.2 Å². The third kappa shape index (κ3) is 4.88. The third-order valence-electron chi connectivity index (χ3n) is 3.41. The summed E-state index contributed by atoms with van der Waals surface area (Å²) in [7, 11) is 0. The summed E-state index contributed by atoms with van der Waals surface area (Å²) < 4.78 is 0. The highest BCUT2D eigenvalue weighted by atomic mass is 16.2. The van der Waals surface area contributed by atoms with Crippen molar-refractivity contribution in [3.63, 3.8) is 0 Å². The number of rotatable bonds is 6.